The monoisotopic (exact) mass is 268 g/mol. The molecule has 4 heteroatoms. The summed E-state index contributed by atoms with van der Waals surface area (Å²) < 4.78 is 9.93. The summed E-state index contributed by atoms with van der Waals surface area (Å²) in [7, 11) is 2.73. The van der Waals surface area contributed by atoms with Gasteiger partial charge in [0.15, 0.2) is 5.41 Å². The van der Waals surface area contributed by atoms with E-state index in [1.165, 1.54) is 20.6 Å². The lowest BCUT2D eigenvalue weighted by molar-refractivity contribution is -0.173. The Morgan fingerprint density at radius 1 is 1.11 bits per heavy atom. The summed E-state index contributed by atoms with van der Waals surface area (Å²) in [6.07, 6.45) is 5.96. The molecule has 3 atom stereocenters. The first-order chi connectivity index (χ1) is 9.11. The van der Waals surface area contributed by atoms with Gasteiger partial charge in [-0.05, 0) is 37.0 Å². The maximum Gasteiger partial charge on any atom is 0.323 e. The number of carbonyl (C=O) groups is 2. The van der Waals surface area contributed by atoms with E-state index in [0.717, 1.165) is 25.7 Å². The highest BCUT2D eigenvalue weighted by atomic mass is 16.5. The molecule has 2 rings (SSSR count). The number of hydrogen-bond donors (Lipinski definition) is 0. The van der Waals surface area contributed by atoms with Crippen molar-refractivity contribution < 1.29 is 19.1 Å². The number of esters is 2. The molecule has 2 saturated carbocycles. The summed E-state index contributed by atoms with van der Waals surface area (Å²) in [5, 5.41) is 0. The van der Waals surface area contributed by atoms with Crippen LogP contribution in [-0.2, 0) is 19.1 Å². The highest BCUT2D eigenvalue weighted by Gasteiger charge is 2.63. The zero-order chi connectivity index (χ0) is 14.0. The van der Waals surface area contributed by atoms with Gasteiger partial charge in [-0.25, -0.2) is 0 Å². The SMILES string of the molecule is CCC1CC(C(=O)OC)(C(=O)OC)C2CCCCC12. The molecule has 0 amide bonds. The smallest absolute Gasteiger partial charge is 0.323 e. The molecule has 0 spiro atoms. The van der Waals surface area contributed by atoms with Gasteiger partial charge in [-0.3, -0.25) is 9.59 Å². The quantitative estimate of drug-likeness (QED) is 0.583. The van der Waals surface area contributed by atoms with Gasteiger partial charge in [0.1, 0.15) is 0 Å². The van der Waals surface area contributed by atoms with Crippen molar-refractivity contribution in [3.05, 3.63) is 0 Å². The van der Waals surface area contributed by atoms with E-state index in [1.54, 1.807) is 0 Å². The Morgan fingerprint density at radius 2 is 1.68 bits per heavy atom. The molecule has 0 N–H and O–H groups in total. The van der Waals surface area contributed by atoms with Gasteiger partial charge in [-0.1, -0.05) is 26.2 Å². The Kier molecular flexibility index (Phi) is 4.16. The van der Waals surface area contributed by atoms with Crippen molar-refractivity contribution in [2.75, 3.05) is 14.2 Å². The lowest BCUT2D eigenvalue weighted by Gasteiger charge is -2.35. The van der Waals surface area contributed by atoms with Crippen LogP contribution >= 0.6 is 0 Å². The van der Waals surface area contributed by atoms with Gasteiger partial charge in [0.05, 0.1) is 14.2 Å². The van der Waals surface area contributed by atoms with Gasteiger partial charge in [0, 0.05) is 0 Å². The summed E-state index contributed by atoms with van der Waals surface area (Å²) in [6, 6.07) is 0. The minimum absolute atomic E-state index is 0.103. The van der Waals surface area contributed by atoms with Gasteiger partial charge in [-0.2, -0.15) is 0 Å². The largest absolute Gasteiger partial charge is 0.468 e. The highest BCUT2D eigenvalue weighted by molar-refractivity contribution is 6.01. The normalized spacial score (nSPS) is 32.5. The van der Waals surface area contributed by atoms with Crippen molar-refractivity contribution in [1.29, 1.82) is 0 Å². The Morgan fingerprint density at radius 3 is 2.21 bits per heavy atom. The van der Waals surface area contributed by atoms with Gasteiger partial charge < -0.3 is 9.47 Å². The van der Waals surface area contributed by atoms with Crippen LogP contribution in [0, 0.1) is 23.2 Å². The summed E-state index contributed by atoms with van der Waals surface area (Å²) in [4.78, 5) is 24.7. The van der Waals surface area contributed by atoms with Crippen LogP contribution in [0.1, 0.15) is 45.4 Å². The van der Waals surface area contributed by atoms with E-state index < -0.39 is 17.4 Å². The number of rotatable bonds is 3. The standard InChI is InChI=1S/C15H24O4/c1-4-10-9-15(13(16)18-2,14(17)19-3)12-8-6-5-7-11(10)12/h10-12H,4-9H2,1-3H3. The second kappa shape index (κ2) is 5.51. The molecule has 0 aromatic heterocycles. The molecule has 0 bridgehead atoms. The zero-order valence-corrected chi connectivity index (χ0v) is 12.1. The van der Waals surface area contributed by atoms with Crippen LogP contribution < -0.4 is 0 Å². The molecule has 0 aromatic rings. The van der Waals surface area contributed by atoms with Crippen molar-refractivity contribution in [2.24, 2.45) is 23.2 Å². The molecular weight excluding hydrogens is 244 g/mol. The second-order valence-corrected chi connectivity index (χ2v) is 5.88. The molecule has 0 aromatic carbocycles. The highest BCUT2D eigenvalue weighted by Crippen LogP contribution is 2.58. The van der Waals surface area contributed by atoms with Crippen LogP contribution in [0.15, 0.2) is 0 Å². The fourth-order valence-electron chi connectivity index (χ4n) is 4.42. The molecule has 108 valence electrons. The molecule has 0 radical (unpaired) electrons. The molecule has 0 saturated heterocycles. The van der Waals surface area contributed by atoms with Crippen LogP contribution in [0.5, 0.6) is 0 Å². The van der Waals surface area contributed by atoms with Crippen molar-refractivity contribution >= 4 is 11.9 Å². The molecule has 0 aliphatic heterocycles. The molecule has 2 aliphatic carbocycles. The second-order valence-electron chi connectivity index (χ2n) is 5.88. The first kappa shape index (κ1) is 14.4. The Hall–Kier alpha value is -1.06. The number of carbonyl (C=O) groups excluding carboxylic acids is 2. The lowest BCUT2D eigenvalue weighted by atomic mass is 9.69. The van der Waals surface area contributed by atoms with Crippen molar-refractivity contribution in [3.63, 3.8) is 0 Å². The zero-order valence-electron chi connectivity index (χ0n) is 12.1. The van der Waals surface area contributed by atoms with Crippen molar-refractivity contribution in [3.8, 4) is 0 Å². The summed E-state index contributed by atoms with van der Waals surface area (Å²) in [5.41, 5.74) is -1.05. The number of fused-ring (bicyclic) bond motifs is 1. The first-order valence-corrected chi connectivity index (χ1v) is 7.28. The van der Waals surface area contributed by atoms with E-state index >= 15 is 0 Å². The van der Waals surface area contributed by atoms with Gasteiger partial charge in [-0.15, -0.1) is 0 Å². The number of ether oxygens (including phenoxy) is 2. The topological polar surface area (TPSA) is 52.6 Å². The molecular formula is C15H24O4. The third kappa shape index (κ3) is 2.05. The van der Waals surface area contributed by atoms with E-state index in [2.05, 4.69) is 6.92 Å². The molecule has 0 heterocycles. The molecule has 4 nitrogen and oxygen atoms in total. The average molecular weight is 268 g/mol. The fraction of sp³-hybridized carbons (Fsp3) is 0.867. The summed E-state index contributed by atoms with van der Waals surface area (Å²) in [5.74, 6) is 0.214. The van der Waals surface area contributed by atoms with Crippen LogP contribution in [0.3, 0.4) is 0 Å². The minimum Gasteiger partial charge on any atom is -0.468 e. The van der Waals surface area contributed by atoms with Gasteiger partial charge >= 0.3 is 11.9 Å². The third-order valence-corrected chi connectivity index (χ3v) is 5.27. The predicted octanol–water partition coefficient (Wildman–Crippen LogP) is 2.56. The number of methoxy groups -OCH3 is 2. The number of hydrogen-bond acceptors (Lipinski definition) is 4. The van der Waals surface area contributed by atoms with E-state index in [9.17, 15) is 9.59 Å². The third-order valence-electron chi connectivity index (χ3n) is 5.27. The molecule has 19 heavy (non-hydrogen) atoms. The van der Waals surface area contributed by atoms with E-state index in [-0.39, 0.29) is 5.92 Å². The molecule has 3 unspecified atom stereocenters. The summed E-state index contributed by atoms with van der Waals surface area (Å²) >= 11 is 0. The maximum atomic E-state index is 12.3. The maximum absolute atomic E-state index is 12.3. The minimum atomic E-state index is -1.05. The van der Waals surface area contributed by atoms with Gasteiger partial charge in [0.25, 0.3) is 0 Å². The predicted molar refractivity (Wildman–Crippen MR) is 70.3 cm³/mol. The Labute approximate surface area is 114 Å². The van der Waals surface area contributed by atoms with Crippen LogP contribution in [0.4, 0.5) is 0 Å². The fourth-order valence-corrected chi connectivity index (χ4v) is 4.42. The van der Waals surface area contributed by atoms with Crippen LogP contribution in [0.25, 0.3) is 0 Å². The first-order valence-electron chi connectivity index (χ1n) is 7.28. The van der Waals surface area contributed by atoms with Gasteiger partial charge in [0.2, 0.25) is 0 Å². The van der Waals surface area contributed by atoms with Crippen LogP contribution in [0.2, 0.25) is 0 Å². The lowest BCUT2D eigenvalue weighted by Crippen LogP contribution is -2.46. The molecule has 2 aliphatic rings. The van der Waals surface area contributed by atoms with E-state index in [4.69, 9.17) is 9.47 Å². The van der Waals surface area contributed by atoms with E-state index in [0.29, 0.717) is 18.3 Å². The van der Waals surface area contributed by atoms with Crippen molar-refractivity contribution in [2.45, 2.75) is 45.4 Å². The molecule has 2 fully saturated rings. The van der Waals surface area contributed by atoms with Crippen LogP contribution in [-0.4, -0.2) is 26.2 Å². The van der Waals surface area contributed by atoms with Crippen molar-refractivity contribution in [1.82, 2.24) is 0 Å². The average Bonchev–Trinajstić information content (AvgIpc) is 2.81. The Balaban J connectivity index is 2.41. The Bertz CT molecular complexity index is 347. The van der Waals surface area contributed by atoms with E-state index in [1.807, 2.05) is 0 Å². The summed E-state index contributed by atoms with van der Waals surface area (Å²) in [6.45, 7) is 2.14.